The van der Waals surface area contributed by atoms with Crippen molar-refractivity contribution in [3.05, 3.63) is 88.9 Å². The fourth-order valence-corrected chi connectivity index (χ4v) is 3.68. The van der Waals surface area contributed by atoms with Crippen LogP contribution in [0.3, 0.4) is 0 Å². The van der Waals surface area contributed by atoms with Crippen molar-refractivity contribution < 1.29 is 9.53 Å². The van der Waals surface area contributed by atoms with Gasteiger partial charge in [-0.3, -0.25) is 9.78 Å². The van der Waals surface area contributed by atoms with E-state index in [0.717, 1.165) is 17.8 Å². The molecule has 2 aromatic heterocycles. The molecule has 1 N–H and O–H groups in total. The largest absolute Gasteiger partial charge is 0.373 e. The van der Waals surface area contributed by atoms with Crippen molar-refractivity contribution in [2.45, 2.75) is 19.4 Å². The van der Waals surface area contributed by atoms with E-state index in [9.17, 15) is 4.79 Å². The lowest BCUT2D eigenvalue weighted by Crippen LogP contribution is -2.42. The predicted octanol–water partition coefficient (Wildman–Crippen LogP) is 3.63. The highest BCUT2D eigenvalue weighted by molar-refractivity contribution is 5.94. The zero-order chi connectivity index (χ0) is 20.9. The summed E-state index contributed by atoms with van der Waals surface area (Å²) in [4.78, 5) is 23.8. The maximum atomic E-state index is 13.0. The molecule has 0 radical (unpaired) electrons. The van der Waals surface area contributed by atoms with E-state index in [0.29, 0.717) is 31.1 Å². The minimum atomic E-state index is -0.231. The zero-order valence-electron chi connectivity index (χ0n) is 17.3. The molecule has 4 rings (SSSR count). The second kappa shape index (κ2) is 9.05. The Kier molecular flexibility index (Phi) is 6.05. The summed E-state index contributed by atoms with van der Waals surface area (Å²) in [7, 11) is 1.79. The Morgan fingerprint density at radius 3 is 2.90 bits per heavy atom. The Bertz CT molecular complexity index is 1040. The Hall–Kier alpha value is -3.25. The lowest BCUT2D eigenvalue weighted by molar-refractivity contribution is -0.0247. The van der Waals surface area contributed by atoms with Crippen LogP contribution in [0.15, 0.2) is 60.8 Å². The first-order valence-electron chi connectivity index (χ1n) is 10.2. The highest BCUT2D eigenvalue weighted by atomic mass is 16.5. The molecule has 0 bridgehead atoms. The van der Waals surface area contributed by atoms with E-state index in [4.69, 9.17) is 9.72 Å². The number of aryl methyl sites for hydroxylation is 1. The van der Waals surface area contributed by atoms with Gasteiger partial charge in [-0.25, -0.2) is 4.98 Å². The van der Waals surface area contributed by atoms with Crippen LogP contribution in [0, 0.1) is 6.92 Å². The molecule has 0 saturated carbocycles. The van der Waals surface area contributed by atoms with Gasteiger partial charge in [0, 0.05) is 37.5 Å². The summed E-state index contributed by atoms with van der Waals surface area (Å²) < 4.78 is 5.97. The van der Waals surface area contributed by atoms with Crippen molar-refractivity contribution >= 4 is 11.7 Å². The molecule has 1 atom stereocenters. The number of anilines is 1. The molecule has 1 saturated heterocycles. The number of benzene rings is 1. The standard InChI is InChI=1S/C24H26N4O2/c1-17-6-3-4-7-18(17)14-20-8-5-9-21(27-20)22-16-28(12-13-30-22)24(29)19-10-11-26-23(15-19)25-2/h3-11,15,22H,12-14,16H2,1-2H3,(H,25,26). The van der Waals surface area contributed by atoms with E-state index < -0.39 is 0 Å². The van der Waals surface area contributed by atoms with E-state index in [-0.39, 0.29) is 12.0 Å². The summed E-state index contributed by atoms with van der Waals surface area (Å²) in [5.74, 6) is 0.662. The lowest BCUT2D eigenvalue weighted by atomic mass is 10.0. The molecule has 30 heavy (non-hydrogen) atoms. The molecular formula is C24H26N4O2. The normalized spacial score (nSPS) is 16.3. The van der Waals surface area contributed by atoms with Gasteiger partial charge < -0.3 is 15.0 Å². The van der Waals surface area contributed by atoms with Crippen molar-refractivity contribution in [3.63, 3.8) is 0 Å². The van der Waals surface area contributed by atoms with Crippen molar-refractivity contribution in [1.29, 1.82) is 0 Å². The smallest absolute Gasteiger partial charge is 0.254 e. The Morgan fingerprint density at radius 2 is 2.07 bits per heavy atom. The summed E-state index contributed by atoms with van der Waals surface area (Å²) in [5.41, 5.74) is 5.01. The van der Waals surface area contributed by atoms with Gasteiger partial charge in [0.25, 0.3) is 5.91 Å². The molecule has 3 heterocycles. The maximum absolute atomic E-state index is 13.0. The third-order valence-electron chi connectivity index (χ3n) is 5.41. The average molecular weight is 402 g/mol. The number of ether oxygens (including phenoxy) is 1. The summed E-state index contributed by atoms with van der Waals surface area (Å²) in [6.07, 6.45) is 2.19. The van der Waals surface area contributed by atoms with Crippen LogP contribution in [-0.4, -0.2) is 47.5 Å². The van der Waals surface area contributed by atoms with Crippen molar-refractivity contribution in [2.75, 3.05) is 32.1 Å². The molecule has 1 aromatic carbocycles. The fraction of sp³-hybridized carbons (Fsp3) is 0.292. The number of aromatic nitrogens is 2. The number of hydrogen-bond acceptors (Lipinski definition) is 5. The Labute approximate surface area is 176 Å². The SMILES string of the molecule is CNc1cc(C(=O)N2CCOC(c3cccc(Cc4ccccc4C)n3)C2)ccn1. The maximum Gasteiger partial charge on any atom is 0.254 e. The van der Waals surface area contributed by atoms with Crippen LogP contribution in [0.2, 0.25) is 0 Å². The summed E-state index contributed by atoms with van der Waals surface area (Å²) in [6.45, 7) is 3.65. The Morgan fingerprint density at radius 1 is 1.20 bits per heavy atom. The number of nitrogens with zero attached hydrogens (tertiary/aromatic N) is 3. The number of pyridine rings is 2. The molecule has 1 aliphatic rings. The number of amides is 1. The number of rotatable bonds is 5. The average Bonchev–Trinajstić information content (AvgIpc) is 2.80. The predicted molar refractivity (Wildman–Crippen MR) is 117 cm³/mol. The van der Waals surface area contributed by atoms with Gasteiger partial charge in [0.1, 0.15) is 11.9 Å². The second-order valence-corrected chi connectivity index (χ2v) is 7.45. The molecule has 1 unspecified atom stereocenters. The highest BCUT2D eigenvalue weighted by Crippen LogP contribution is 2.23. The van der Waals surface area contributed by atoms with E-state index in [1.165, 1.54) is 11.1 Å². The molecule has 154 valence electrons. The van der Waals surface area contributed by atoms with Crippen LogP contribution in [-0.2, 0) is 11.2 Å². The quantitative estimate of drug-likeness (QED) is 0.706. The molecule has 3 aromatic rings. The van der Waals surface area contributed by atoms with Crippen molar-refractivity contribution in [2.24, 2.45) is 0 Å². The van der Waals surface area contributed by atoms with Gasteiger partial charge in [0.2, 0.25) is 0 Å². The molecule has 6 nitrogen and oxygen atoms in total. The van der Waals surface area contributed by atoms with E-state index >= 15 is 0 Å². The van der Waals surface area contributed by atoms with Gasteiger partial charge in [0.05, 0.1) is 18.8 Å². The van der Waals surface area contributed by atoms with Crippen molar-refractivity contribution in [3.8, 4) is 0 Å². The van der Waals surface area contributed by atoms with Crippen LogP contribution in [0.5, 0.6) is 0 Å². The summed E-state index contributed by atoms with van der Waals surface area (Å²) >= 11 is 0. The number of carbonyl (C=O) groups is 1. The number of morpholine rings is 1. The third-order valence-corrected chi connectivity index (χ3v) is 5.41. The van der Waals surface area contributed by atoms with Gasteiger partial charge >= 0.3 is 0 Å². The minimum absolute atomic E-state index is 0.0155. The molecule has 1 amide bonds. The Balaban J connectivity index is 1.49. The molecule has 0 spiro atoms. The van der Waals surface area contributed by atoms with Gasteiger partial charge in [-0.15, -0.1) is 0 Å². The molecule has 6 heteroatoms. The first-order valence-corrected chi connectivity index (χ1v) is 10.2. The van der Waals surface area contributed by atoms with Gasteiger partial charge in [-0.1, -0.05) is 30.3 Å². The number of nitrogens with one attached hydrogen (secondary N) is 1. The zero-order valence-corrected chi connectivity index (χ0v) is 17.3. The van der Waals surface area contributed by atoms with E-state index in [2.05, 4.69) is 35.4 Å². The molecule has 1 aliphatic heterocycles. The molecule has 1 fully saturated rings. The highest BCUT2D eigenvalue weighted by Gasteiger charge is 2.27. The van der Waals surface area contributed by atoms with Crippen LogP contribution in [0.4, 0.5) is 5.82 Å². The van der Waals surface area contributed by atoms with Crippen LogP contribution >= 0.6 is 0 Å². The van der Waals surface area contributed by atoms with E-state index in [1.807, 2.05) is 29.2 Å². The fourth-order valence-electron chi connectivity index (χ4n) is 3.68. The third kappa shape index (κ3) is 4.49. The topological polar surface area (TPSA) is 67.4 Å². The van der Waals surface area contributed by atoms with Gasteiger partial charge in [-0.2, -0.15) is 0 Å². The number of carbonyl (C=O) groups excluding carboxylic acids is 1. The van der Waals surface area contributed by atoms with Crippen LogP contribution in [0.25, 0.3) is 0 Å². The summed E-state index contributed by atoms with van der Waals surface area (Å²) in [5, 5.41) is 2.97. The monoisotopic (exact) mass is 402 g/mol. The first kappa shape index (κ1) is 20.0. The molecular weight excluding hydrogens is 376 g/mol. The molecule has 0 aliphatic carbocycles. The first-order chi connectivity index (χ1) is 14.6. The number of hydrogen-bond donors (Lipinski definition) is 1. The van der Waals surface area contributed by atoms with E-state index in [1.54, 1.807) is 25.4 Å². The van der Waals surface area contributed by atoms with Gasteiger partial charge in [-0.05, 0) is 42.3 Å². The lowest BCUT2D eigenvalue weighted by Gasteiger charge is -2.33. The summed E-state index contributed by atoms with van der Waals surface area (Å²) in [6, 6.07) is 17.9. The minimum Gasteiger partial charge on any atom is -0.373 e. The van der Waals surface area contributed by atoms with Crippen molar-refractivity contribution in [1.82, 2.24) is 14.9 Å². The second-order valence-electron chi connectivity index (χ2n) is 7.45. The van der Waals surface area contributed by atoms with Gasteiger partial charge in [0.15, 0.2) is 0 Å². The van der Waals surface area contributed by atoms with Crippen LogP contribution in [0.1, 0.15) is 39.0 Å². The van der Waals surface area contributed by atoms with Crippen LogP contribution < -0.4 is 5.32 Å².